The van der Waals surface area contributed by atoms with Crippen molar-refractivity contribution in [2.45, 2.75) is 37.6 Å². The van der Waals surface area contributed by atoms with Crippen molar-refractivity contribution in [3.8, 4) is 5.75 Å². The molecule has 156 valence electrons. The maximum atomic E-state index is 12.7. The first kappa shape index (κ1) is 21.6. The van der Waals surface area contributed by atoms with Gasteiger partial charge in [0.2, 0.25) is 10.0 Å². The number of hydrogen-bond acceptors (Lipinski definition) is 4. The number of piperidine rings is 1. The summed E-state index contributed by atoms with van der Waals surface area (Å²) in [5, 5.41) is 3.43. The van der Waals surface area contributed by atoms with Gasteiger partial charge < -0.3 is 10.1 Å². The average Bonchev–Trinajstić information content (AvgIpc) is 2.70. The monoisotopic (exact) mass is 436 g/mol. The molecule has 8 heteroatoms. The van der Waals surface area contributed by atoms with Gasteiger partial charge in [-0.25, -0.2) is 8.42 Å². The molecule has 3 rings (SSSR count). The first-order valence-electron chi connectivity index (χ1n) is 9.51. The predicted molar refractivity (Wildman–Crippen MR) is 113 cm³/mol. The van der Waals surface area contributed by atoms with Crippen LogP contribution in [0.15, 0.2) is 47.4 Å². The van der Waals surface area contributed by atoms with Crippen LogP contribution in [-0.2, 0) is 14.8 Å². The lowest BCUT2D eigenvalue weighted by atomic mass is 10.1. The summed E-state index contributed by atoms with van der Waals surface area (Å²) in [5.41, 5.74) is 2.28. The molecule has 1 saturated heterocycles. The SMILES string of the molecule is Cc1ccc(OCC(=O)NC2CCN(S(=O)(=O)c3ccc(Cl)cc3)CC2)cc1C. The lowest BCUT2D eigenvalue weighted by molar-refractivity contribution is -0.124. The van der Waals surface area contributed by atoms with Gasteiger partial charge in [0.25, 0.3) is 5.91 Å². The van der Waals surface area contributed by atoms with Gasteiger partial charge in [-0.05, 0) is 74.2 Å². The van der Waals surface area contributed by atoms with E-state index >= 15 is 0 Å². The molecular formula is C21H25ClN2O4S. The van der Waals surface area contributed by atoms with Gasteiger partial charge in [0, 0.05) is 24.2 Å². The summed E-state index contributed by atoms with van der Waals surface area (Å²) in [5.74, 6) is 0.453. The predicted octanol–water partition coefficient (Wildman–Crippen LogP) is 3.31. The quantitative estimate of drug-likeness (QED) is 0.753. The van der Waals surface area contributed by atoms with Crippen molar-refractivity contribution in [3.63, 3.8) is 0 Å². The lowest BCUT2D eigenvalue weighted by Crippen LogP contribution is -2.47. The van der Waals surface area contributed by atoms with Gasteiger partial charge in [-0.3, -0.25) is 4.79 Å². The molecule has 0 spiro atoms. The van der Waals surface area contributed by atoms with Crippen molar-refractivity contribution < 1.29 is 17.9 Å². The van der Waals surface area contributed by atoms with Gasteiger partial charge in [-0.2, -0.15) is 4.31 Å². The molecule has 0 aromatic heterocycles. The van der Waals surface area contributed by atoms with Gasteiger partial charge in [0.05, 0.1) is 4.90 Å². The van der Waals surface area contributed by atoms with Gasteiger partial charge in [-0.15, -0.1) is 0 Å². The van der Waals surface area contributed by atoms with E-state index in [1.165, 1.54) is 22.0 Å². The summed E-state index contributed by atoms with van der Waals surface area (Å²) >= 11 is 5.84. The average molecular weight is 437 g/mol. The number of carbonyl (C=O) groups excluding carboxylic acids is 1. The highest BCUT2D eigenvalue weighted by atomic mass is 35.5. The Morgan fingerprint density at radius 3 is 2.38 bits per heavy atom. The van der Waals surface area contributed by atoms with Crippen molar-refractivity contribution in [1.29, 1.82) is 0 Å². The Morgan fingerprint density at radius 2 is 1.76 bits per heavy atom. The first-order chi connectivity index (χ1) is 13.8. The summed E-state index contributed by atoms with van der Waals surface area (Å²) in [7, 11) is -3.55. The molecule has 1 aliphatic heterocycles. The van der Waals surface area contributed by atoms with Gasteiger partial charge in [-0.1, -0.05) is 17.7 Å². The van der Waals surface area contributed by atoms with Crippen LogP contribution in [0.1, 0.15) is 24.0 Å². The Bertz CT molecular complexity index is 969. The summed E-state index contributed by atoms with van der Waals surface area (Å²) in [4.78, 5) is 12.4. The van der Waals surface area contributed by atoms with Crippen LogP contribution in [0.5, 0.6) is 5.75 Å². The highest BCUT2D eigenvalue weighted by Gasteiger charge is 2.29. The second-order valence-electron chi connectivity index (χ2n) is 7.23. The van der Waals surface area contributed by atoms with Gasteiger partial charge in [0.15, 0.2) is 6.61 Å². The van der Waals surface area contributed by atoms with Crippen LogP contribution in [0.2, 0.25) is 5.02 Å². The number of rotatable bonds is 6. The van der Waals surface area contributed by atoms with Crippen molar-refractivity contribution in [1.82, 2.24) is 9.62 Å². The maximum absolute atomic E-state index is 12.7. The normalized spacial score (nSPS) is 15.8. The number of sulfonamides is 1. The molecule has 1 heterocycles. The van der Waals surface area contributed by atoms with Crippen LogP contribution in [0.4, 0.5) is 0 Å². The van der Waals surface area contributed by atoms with Crippen molar-refractivity contribution in [2.75, 3.05) is 19.7 Å². The van der Waals surface area contributed by atoms with Crippen molar-refractivity contribution in [3.05, 3.63) is 58.6 Å². The number of nitrogens with one attached hydrogen (secondary N) is 1. The molecule has 6 nitrogen and oxygen atoms in total. The van der Waals surface area contributed by atoms with Crippen LogP contribution in [0.25, 0.3) is 0 Å². The number of ether oxygens (including phenoxy) is 1. The zero-order valence-corrected chi connectivity index (χ0v) is 18.1. The van der Waals surface area contributed by atoms with Crippen LogP contribution in [-0.4, -0.2) is 44.4 Å². The zero-order chi connectivity index (χ0) is 21.0. The molecule has 2 aromatic rings. The van der Waals surface area contributed by atoms with Crippen molar-refractivity contribution >= 4 is 27.5 Å². The third kappa shape index (κ3) is 5.50. The number of nitrogens with zero attached hydrogens (tertiary/aromatic N) is 1. The molecule has 0 unspecified atom stereocenters. The van der Waals surface area contributed by atoms with Crippen LogP contribution in [0.3, 0.4) is 0 Å². The molecule has 0 bridgehead atoms. The Balaban J connectivity index is 1.48. The molecule has 1 N–H and O–H groups in total. The molecule has 2 aromatic carbocycles. The summed E-state index contributed by atoms with van der Waals surface area (Å²) in [6, 6.07) is 11.8. The Hall–Kier alpha value is -2.09. The zero-order valence-electron chi connectivity index (χ0n) is 16.5. The number of aryl methyl sites for hydroxylation is 2. The fourth-order valence-corrected chi connectivity index (χ4v) is 4.81. The molecule has 1 aliphatic rings. The van der Waals surface area contributed by atoms with E-state index < -0.39 is 10.0 Å². The lowest BCUT2D eigenvalue weighted by Gasteiger charge is -2.31. The molecule has 0 radical (unpaired) electrons. The van der Waals surface area contributed by atoms with E-state index in [0.29, 0.717) is 36.7 Å². The smallest absolute Gasteiger partial charge is 0.258 e. The van der Waals surface area contributed by atoms with Crippen LogP contribution >= 0.6 is 11.6 Å². The first-order valence-corrected chi connectivity index (χ1v) is 11.3. The topological polar surface area (TPSA) is 75.7 Å². The minimum atomic E-state index is -3.55. The summed E-state index contributed by atoms with van der Waals surface area (Å²) < 4.78 is 32.4. The second-order valence-corrected chi connectivity index (χ2v) is 9.61. The molecule has 29 heavy (non-hydrogen) atoms. The van der Waals surface area contributed by atoms with Crippen LogP contribution in [0, 0.1) is 13.8 Å². The van der Waals surface area contributed by atoms with Gasteiger partial charge >= 0.3 is 0 Å². The van der Waals surface area contributed by atoms with E-state index in [1.54, 1.807) is 12.1 Å². The van der Waals surface area contributed by atoms with E-state index in [0.717, 1.165) is 5.56 Å². The third-order valence-corrected chi connectivity index (χ3v) is 7.28. The van der Waals surface area contributed by atoms with E-state index in [4.69, 9.17) is 16.3 Å². The highest BCUT2D eigenvalue weighted by Crippen LogP contribution is 2.22. The van der Waals surface area contributed by atoms with Gasteiger partial charge in [0.1, 0.15) is 5.75 Å². The maximum Gasteiger partial charge on any atom is 0.258 e. The Labute approximate surface area is 176 Å². The summed E-state index contributed by atoms with van der Waals surface area (Å²) in [6.07, 6.45) is 1.12. The minimum absolute atomic E-state index is 0.0637. The van der Waals surface area contributed by atoms with E-state index in [2.05, 4.69) is 5.32 Å². The van der Waals surface area contributed by atoms with E-state index in [-0.39, 0.29) is 23.5 Å². The largest absolute Gasteiger partial charge is 0.484 e. The second kappa shape index (κ2) is 9.15. The standard InChI is InChI=1S/C21H25ClN2O4S/c1-15-3-6-19(13-16(15)2)28-14-21(25)23-18-9-11-24(12-10-18)29(26,27)20-7-4-17(22)5-8-20/h3-8,13,18H,9-12,14H2,1-2H3,(H,23,25). The Kier molecular flexibility index (Phi) is 6.82. The Morgan fingerprint density at radius 1 is 1.10 bits per heavy atom. The molecule has 0 aliphatic carbocycles. The third-order valence-electron chi connectivity index (χ3n) is 5.12. The highest BCUT2D eigenvalue weighted by molar-refractivity contribution is 7.89. The molecule has 0 atom stereocenters. The number of halogens is 1. The molecular weight excluding hydrogens is 412 g/mol. The van der Waals surface area contributed by atoms with E-state index in [9.17, 15) is 13.2 Å². The molecule has 1 amide bonds. The van der Waals surface area contributed by atoms with Crippen LogP contribution < -0.4 is 10.1 Å². The number of amides is 1. The fourth-order valence-electron chi connectivity index (χ4n) is 3.22. The number of hydrogen-bond donors (Lipinski definition) is 1. The summed E-state index contributed by atoms with van der Waals surface area (Å²) in [6.45, 7) is 4.66. The number of benzene rings is 2. The van der Waals surface area contributed by atoms with Crippen molar-refractivity contribution in [2.24, 2.45) is 0 Å². The fraction of sp³-hybridized carbons (Fsp3) is 0.381. The number of carbonyl (C=O) groups is 1. The molecule has 1 fully saturated rings. The molecule has 0 saturated carbocycles. The minimum Gasteiger partial charge on any atom is -0.484 e. The van der Waals surface area contributed by atoms with E-state index in [1.807, 2.05) is 32.0 Å².